The predicted molar refractivity (Wildman–Crippen MR) is 250 cm³/mol. The fourth-order valence-electron chi connectivity index (χ4n) is 7.26. The van der Waals surface area contributed by atoms with E-state index in [4.69, 9.17) is 4.84 Å². The number of halogens is 4. The summed E-state index contributed by atoms with van der Waals surface area (Å²) in [6, 6.07) is 24.0. The molecule has 2 N–H and O–H groups in total. The molecule has 0 aliphatic carbocycles. The number of nitrogens with zero attached hydrogens (tertiary/aromatic N) is 6. The molecule has 17 nitrogen and oxygen atoms in total. The molecule has 0 saturated carbocycles. The van der Waals surface area contributed by atoms with Crippen LogP contribution in [0.25, 0.3) is 33.9 Å². The van der Waals surface area contributed by atoms with Crippen molar-refractivity contribution in [3.63, 3.8) is 0 Å². The number of carbonyl (C=O) groups is 5. The average molecular weight is 1200 g/mol. The summed E-state index contributed by atoms with van der Waals surface area (Å²) in [6.07, 6.45) is 7.76. The first-order valence-electron chi connectivity index (χ1n) is 22.3. The van der Waals surface area contributed by atoms with E-state index in [2.05, 4.69) is 42.7 Å². The Morgan fingerprint density at radius 2 is 1.34 bits per heavy atom. The Labute approximate surface area is 430 Å². The van der Waals surface area contributed by atoms with Gasteiger partial charge in [0.1, 0.15) is 12.1 Å². The zero-order valence-corrected chi connectivity index (χ0v) is 41.9. The van der Waals surface area contributed by atoms with Crippen LogP contribution in [0.5, 0.6) is 0 Å². The van der Waals surface area contributed by atoms with Crippen molar-refractivity contribution in [3.8, 4) is 33.9 Å². The summed E-state index contributed by atoms with van der Waals surface area (Å²) in [7, 11) is -4.89. The number of aryl methyl sites for hydroxylation is 1. The van der Waals surface area contributed by atoms with Crippen molar-refractivity contribution in [3.05, 3.63) is 151 Å². The Morgan fingerprint density at radius 3 is 1.88 bits per heavy atom. The van der Waals surface area contributed by atoms with E-state index < -0.39 is 80.8 Å². The summed E-state index contributed by atoms with van der Waals surface area (Å²) < 4.78 is 86.3. The molecule has 385 valence electrons. The number of rotatable bonds is 15. The quantitative estimate of drug-likeness (QED) is 0.0395. The number of hydrogen-bond acceptors (Lipinski definition) is 14. The SMILES string of the molecule is Cc1ccnc(-c2cc(N3CCCC3C(=O)NC(CS(=O)(=O)[O-])C(=O)NCCCCC(=O)ON3C(=O)CCC3=O)ccn2)c1.Fc1c[c-]c(-c2ccccn2)c(F)c1.Fc1c[c-]c(-c2ccccn2)c(F)c1.[Ir]. The molecular weight excluding hydrogens is 1160 g/mol. The number of hydroxylamine groups is 2. The van der Waals surface area contributed by atoms with Crippen LogP contribution in [0.3, 0.4) is 0 Å². The molecule has 2 aliphatic rings. The third kappa shape index (κ3) is 16.9. The van der Waals surface area contributed by atoms with Gasteiger partial charge in [0.2, 0.25) is 11.8 Å². The Balaban J connectivity index is 0.000000273. The minimum absolute atomic E-state index is 0. The van der Waals surface area contributed by atoms with Crippen LogP contribution in [0.2, 0.25) is 0 Å². The van der Waals surface area contributed by atoms with Crippen LogP contribution in [0.4, 0.5) is 23.2 Å². The normalized spacial score (nSPS) is 14.4. The molecule has 2 aromatic carbocycles. The van der Waals surface area contributed by atoms with E-state index in [1.165, 1.54) is 0 Å². The van der Waals surface area contributed by atoms with Crippen molar-refractivity contribution in [2.24, 2.45) is 0 Å². The number of pyridine rings is 4. The number of hydrogen-bond donors (Lipinski definition) is 2. The summed E-state index contributed by atoms with van der Waals surface area (Å²) in [4.78, 5) is 84.4. The molecule has 23 heteroatoms. The number of unbranched alkanes of at least 4 members (excludes halogenated alkanes) is 1. The predicted octanol–water partition coefficient (Wildman–Crippen LogP) is 6.00. The van der Waals surface area contributed by atoms with Gasteiger partial charge >= 0.3 is 5.97 Å². The smallest absolute Gasteiger partial charge is 0.333 e. The van der Waals surface area contributed by atoms with E-state index in [1.807, 2.05) is 24.0 Å². The summed E-state index contributed by atoms with van der Waals surface area (Å²) in [5, 5.41) is 5.36. The molecule has 73 heavy (non-hydrogen) atoms. The fraction of sp³-hybridized carbons (Fsp3) is 0.260. The molecule has 4 aromatic heterocycles. The van der Waals surface area contributed by atoms with E-state index in [9.17, 15) is 54.5 Å². The molecule has 1 radical (unpaired) electrons. The number of imide groups is 1. The largest absolute Gasteiger partial charge is 0.748 e. The maximum Gasteiger partial charge on any atom is 0.333 e. The van der Waals surface area contributed by atoms with Gasteiger partial charge in [0.25, 0.3) is 11.8 Å². The van der Waals surface area contributed by atoms with Crippen LogP contribution >= 0.6 is 0 Å². The second-order valence-corrected chi connectivity index (χ2v) is 17.5. The van der Waals surface area contributed by atoms with Gasteiger partial charge in [0.15, 0.2) is 0 Å². The van der Waals surface area contributed by atoms with E-state index in [1.54, 1.807) is 73.3 Å². The third-order valence-electron chi connectivity index (χ3n) is 10.7. The summed E-state index contributed by atoms with van der Waals surface area (Å²) in [5.41, 5.74) is 4.25. The molecule has 0 spiro atoms. The van der Waals surface area contributed by atoms with Gasteiger partial charge in [-0.15, -0.1) is 29.3 Å². The van der Waals surface area contributed by atoms with Gasteiger partial charge in [0.05, 0.1) is 27.3 Å². The Morgan fingerprint density at radius 1 is 0.781 bits per heavy atom. The van der Waals surface area contributed by atoms with Crippen LogP contribution in [0.15, 0.2) is 110 Å². The molecule has 2 fully saturated rings. The van der Waals surface area contributed by atoms with E-state index in [0.717, 1.165) is 29.8 Å². The Kier molecular flexibility index (Phi) is 20.9. The molecule has 2 atom stereocenters. The molecule has 8 rings (SSSR count). The van der Waals surface area contributed by atoms with Crippen molar-refractivity contribution >= 4 is 45.4 Å². The molecule has 0 bridgehead atoms. The molecule has 6 aromatic rings. The fourth-order valence-corrected chi connectivity index (χ4v) is 7.90. The van der Waals surface area contributed by atoms with Crippen molar-refractivity contribution < 1.29 is 79.4 Å². The number of nitrogens with one attached hydrogen (secondary N) is 2. The third-order valence-corrected chi connectivity index (χ3v) is 11.4. The second kappa shape index (κ2) is 26.9. The van der Waals surface area contributed by atoms with Gasteiger partial charge in [-0.3, -0.25) is 46.7 Å². The first kappa shape index (κ1) is 56.6. The average Bonchev–Trinajstić information content (AvgIpc) is 3.98. The molecule has 6 heterocycles. The van der Waals surface area contributed by atoms with Crippen molar-refractivity contribution in [1.82, 2.24) is 35.6 Å². The minimum Gasteiger partial charge on any atom is -0.748 e. The maximum atomic E-state index is 13.3. The van der Waals surface area contributed by atoms with Crippen LogP contribution in [0, 0.1) is 42.3 Å². The summed E-state index contributed by atoms with van der Waals surface area (Å²) in [5.74, 6) is -7.16. The number of amides is 4. The van der Waals surface area contributed by atoms with E-state index in [-0.39, 0.29) is 69.9 Å². The summed E-state index contributed by atoms with van der Waals surface area (Å²) in [6.45, 7) is 2.47. The van der Waals surface area contributed by atoms with Crippen molar-refractivity contribution in [2.75, 3.05) is 23.7 Å². The van der Waals surface area contributed by atoms with Gasteiger partial charge in [-0.1, -0.05) is 47.5 Å². The zero-order valence-electron chi connectivity index (χ0n) is 38.7. The van der Waals surface area contributed by atoms with Crippen LogP contribution in [-0.2, 0) is 59.0 Å². The van der Waals surface area contributed by atoms with Crippen LogP contribution in [-0.4, -0.2) is 98.5 Å². The summed E-state index contributed by atoms with van der Waals surface area (Å²) >= 11 is 0. The standard InChI is InChI=1S/C28H34N6O9S.2C11H6F2N.Ir/c1-18-9-12-29-20(15-18)21-16-19(10-13-30-21)33-14-4-5-23(33)28(39)32-22(17-44(40,41)42)27(38)31-11-3-2-6-26(37)43-34-24(35)7-8-25(34)36;2*12-8-4-5-9(10(13)7-8)11-3-1-2-6-14-11;/h9-10,12-13,15-16,22-23H,2-8,11,14,17H2,1H3,(H,31,38)(H,32,39)(H,40,41,42);2*1-4,6-7H;/q;2*-1;/p-1. The molecule has 2 unspecified atom stereocenters. The molecular formula is C50H45F4IrN8O9S-3. The van der Waals surface area contributed by atoms with Crippen molar-refractivity contribution in [2.45, 2.75) is 64.0 Å². The first-order valence-corrected chi connectivity index (χ1v) is 23.8. The number of benzene rings is 2. The number of aromatic nitrogens is 4. The van der Waals surface area contributed by atoms with Gasteiger partial charge in [-0.05, 0) is 86.0 Å². The monoisotopic (exact) mass is 1200 g/mol. The topological polar surface area (TPSA) is 234 Å². The van der Waals surface area contributed by atoms with Gasteiger partial charge in [-0.2, -0.15) is 0 Å². The molecule has 2 saturated heterocycles. The van der Waals surface area contributed by atoms with E-state index >= 15 is 0 Å². The minimum atomic E-state index is -4.89. The van der Waals surface area contributed by atoms with Crippen LogP contribution in [0.1, 0.15) is 50.5 Å². The number of carbonyl (C=O) groups excluding carboxylic acids is 5. The molecule has 4 amide bonds. The second-order valence-electron chi connectivity index (χ2n) is 16.1. The Hall–Kier alpha value is -7.33. The number of anilines is 1. The Bertz CT molecular complexity index is 2900. The maximum absolute atomic E-state index is 13.3. The van der Waals surface area contributed by atoms with Gasteiger partial charge in [-0.25, -0.2) is 13.2 Å². The molecule has 2 aliphatic heterocycles. The zero-order chi connectivity index (χ0) is 51.8. The van der Waals surface area contributed by atoms with Crippen LogP contribution < -0.4 is 15.5 Å². The first-order chi connectivity index (χ1) is 34.4. The van der Waals surface area contributed by atoms with Crippen molar-refractivity contribution in [1.29, 1.82) is 0 Å². The van der Waals surface area contributed by atoms with Gasteiger partial charge in [0, 0.05) is 106 Å². The van der Waals surface area contributed by atoms with Gasteiger partial charge < -0.3 is 34.9 Å². The van der Waals surface area contributed by atoms with E-state index in [0.29, 0.717) is 52.9 Å².